The Labute approximate surface area is 87.4 Å². The second-order valence-corrected chi connectivity index (χ2v) is 5.47. The summed E-state index contributed by atoms with van der Waals surface area (Å²) in [6, 6.07) is 0. The van der Waals surface area contributed by atoms with E-state index in [1.807, 2.05) is 0 Å². The molecule has 2 rings (SSSR count). The van der Waals surface area contributed by atoms with E-state index >= 15 is 0 Å². The average Bonchev–Trinajstić information content (AvgIpc) is 2.86. The first-order valence-corrected chi connectivity index (χ1v) is 6.04. The summed E-state index contributed by atoms with van der Waals surface area (Å²) in [5, 5.41) is 3.51. The highest BCUT2D eigenvalue weighted by Crippen LogP contribution is 2.32. The van der Waals surface area contributed by atoms with Crippen LogP contribution in [0.2, 0.25) is 0 Å². The van der Waals surface area contributed by atoms with Crippen molar-refractivity contribution in [2.75, 3.05) is 13.1 Å². The van der Waals surface area contributed by atoms with Crippen molar-refractivity contribution >= 4 is 0 Å². The molecule has 82 valence electrons. The van der Waals surface area contributed by atoms with Crippen LogP contribution in [0.25, 0.3) is 0 Å². The zero-order valence-corrected chi connectivity index (χ0v) is 9.51. The lowest BCUT2D eigenvalue weighted by molar-refractivity contribution is -0.0141. The van der Waals surface area contributed by atoms with E-state index in [0.717, 1.165) is 12.5 Å². The summed E-state index contributed by atoms with van der Waals surface area (Å²) in [5.41, 5.74) is 0.128. The molecule has 14 heavy (non-hydrogen) atoms. The van der Waals surface area contributed by atoms with Gasteiger partial charge in [0, 0.05) is 6.54 Å². The molecule has 1 saturated heterocycles. The third-order valence-electron chi connectivity index (χ3n) is 3.35. The van der Waals surface area contributed by atoms with Crippen molar-refractivity contribution in [3.05, 3.63) is 0 Å². The van der Waals surface area contributed by atoms with E-state index in [4.69, 9.17) is 4.74 Å². The van der Waals surface area contributed by atoms with Crippen LogP contribution in [0.5, 0.6) is 0 Å². The van der Waals surface area contributed by atoms with Crippen molar-refractivity contribution in [1.29, 1.82) is 0 Å². The maximum Gasteiger partial charge on any atom is 0.0707 e. The molecule has 1 unspecified atom stereocenters. The van der Waals surface area contributed by atoms with Crippen molar-refractivity contribution in [3.63, 3.8) is 0 Å². The van der Waals surface area contributed by atoms with Crippen molar-refractivity contribution in [3.8, 4) is 0 Å². The molecule has 1 atom stereocenters. The third kappa shape index (κ3) is 3.25. The van der Waals surface area contributed by atoms with Crippen LogP contribution in [0.3, 0.4) is 0 Å². The minimum Gasteiger partial charge on any atom is -0.371 e. The van der Waals surface area contributed by atoms with E-state index in [-0.39, 0.29) is 5.60 Å². The average molecular weight is 197 g/mol. The Morgan fingerprint density at radius 3 is 2.64 bits per heavy atom. The molecule has 1 heterocycles. The summed E-state index contributed by atoms with van der Waals surface area (Å²) in [6.45, 7) is 6.62. The minimum absolute atomic E-state index is 0.128. The SMILES string of the molecule is CC1(C)CCC(CNCCC2CC2)O1. The van der Waals surface area contributed by atoms with Crippen LogP contribution in [0.15, 0.2) is 0 Å². The van der Waals surface area contributed by atoms with Crippen LogP contribution < -0.4 is 5.32 Å². The van der Waals surface area contributed by atoms with Gasteiger partial charge in [-0.3, -0.25) is 0 Å². The van der Waals surface area contributed by atoms with E-state index in [2.05, 4.69) is 19.2 Å². The Kier molecular flexibility index (Phi) is 3.13. The van der Waals surface area contributed by atoms with Gasteiger partial charge in [0.2, 0.25) is 0 Å². The molecule has 1 saturated carbocycles. The number of ether oxygens (including phenoxy) is 1. The standard InChI is InChI=1S/C12H23NO/c1-12(2)7-5-11(14-12)9-13-8-6-10-3-4-10/h10-11,13H,3-9H2,1-2H3. The van der Waals surface area contributed by atoms with Gasteiger partial charge in [0.1, 0.15) is 0 Å². The minimum atomic E-state index is 0.128. The van der Waals surface area contributed by atoms with Crippen LogP contribution in [-0.2, 0) is 4.74 Å². The number of rotatable bonds is 5. The summed E-state index contributed by atoms with van der Waals surface area (Å²) in [7, 11) is 0. The Hall–Kier alpha value is -0.0800. The van der Waals surface area contributed by atoms with Gasteiger partial charge < -0.3 is 10.1 Å². The first-order valence-electron chi connectivity index (χ1n) is 6.04. The molecule has 2 nitrogen and oxygen atoms in total. The highest BCUT2D eigenvalue weighted by molar-refractivity contribution is 4.82. The highest BCUT2D eigenvalue weighted by atomic mass is 16.5. The van der Waals surface area contributed by atoms with Gasteiger partial charge in [-0.2, -0.15) is 0 Å². The van der Waals surface area contributed by atoms with Crippen LogP contribution in [0.4, 0.5) is 0 Å². The molecule has 2 aliphatic rings. The first kappa shape index (κ1) is 10.4. The predicted molar refractivity (Wildman–Crippen MR) is 58.4 cm³/mol. The molecule has 0 bridgehead atoms. The third-order valence-corrected chi connectivity index (χ3v) is 3.35. The van der Waals surface area contributed by atoms with Crippen LogP contribution >= 0.6 is 0 Å². The van der Waals surface area contributed by atoms with Gasteiger partial charge in [0.25, 0.3) is 0 Å². The van der Waals surface area contributed by atoms with Gasteiger partial charge in [0.15, 0.2) is 0 Å². The molecule has 0 aromatic heterocycles. The van der Waals surface area contributed by atoms with E-state index in [1.165, 1.54) is 38.6 Å². The lowest BCUT2D eigenvalue weighted by Crippen LogP contribution is -2.30. The summed E-state index contributed by atoms with van der Waals surface area (Å²) < 4.78 is 5.91. The quantitative estimate of drug-likeness (QED) is 0.683. The molecular weight excluding hydrogens is 174 g/mol. The summed E-state index contributed by atoms with van der Waals surface area (Å²) >= 11 is 0. The van der Waals surface area contributed by atoms with Gasteiger partial charge >= 0.3 is 0 Å². The van der Waals surface area contributed by atoms with Crippen LogP contribution in [0, 0.1) is 5.92 Å². The normalized spacial score (nSPS) is 30.9. The molecule has 2 fully saturated rings. The molecule has 0 amide bonds. The van der Waals surface area contributed by atoms with E-state index < -0.39 is 0 Å². The number of hydrogen-bond donors (Lipinski definition) is 1. The van der Waals surface area contributed by atoms with E-state index in [0.29, 0.717) is 6.10 Å². The topological polar surface area (TPSA) is 21.3 Å². The molecule has 0 radical (unpaired) electrons. The molecule has 0 aromatic rings. The fourth-order valence-electron chi connectivity index (χ4n) is 2.20. The Balaban J connectivity index is 1.52. The van der Waals surface area contributed by atoms with Gasteiger partial charge in [-0.1, -0.05) is 12.8 Å². The Bertz CT molecular complexity index is 187. The summed E-state index contributed by atoms with van der Waals surface area (Å²) in [5.74, 6) is 1.04. The molecule has 0 aromatic carbocycles. The zero-order valence-electron chi connectivity index (χ0n) is 9.51. The predicted octanol–water partition coefficient (Wildman–Crippen LogP) is 2.33. The molecule has 1 N–H and O–H groups in total. The van der Waals surface area contributed by atoms with Gasteiger partial charge in [0.05, 0.1) is 11.7 Å². The Morgan fingerprint density at radius 1 is 1.29 bits per heavy atom. The van der Waals surface area contributed by atoms with Crippen molar-refractivity contribution in [2.24, 2.45) is 5.92 Å². The van der Waals surface area contributed by atoms with Crippen LogP contribution in [0.1, 0.15) is 46.0 Å². The highest BCUT2D eigenvalue weighted by Gasteiger charge is 2.31. The fraction of sp³-hybridized carbons (Fsp3) is 1.00. The second kappa shape index (κ2) is 4.19. The number of hydrogen-bond acceptors (Lipinski definition) is 2. The lowest BCUT2D eigenvalue weighted by Gasteiger charge is -2.19. The van der Waals surface area contributed by atoms with Crippen molar-refractivity contribution < 1.29 is 4.74 Å². The monoisotopic (exact) mass is 197 g/mol. The largest absolute Gasteiger partial charge is 0.371 e. The maximum absolute atomic E-state index is 5.91. The van der Waals surface area contributed by atoms with Crippen molar-refractivity contribution in [1.82, 2.24) is 5.32 Å². The van der Waals surface area contributed by atoms with Gasteiger partial charge in [-0.15, -0.1) is 0 Å². The molecule has 2 heteroatoms. The second-order valence-electron chi connectivity index (χ2n) is 5.47. The summed E-state index contributed by atoms with van der Waals surface area (Å²) in [6.07, 6.45) is 7.20. The summed E-state index contributed by atoms with van der Waals surface area (Å²) in [4.78, 5) is 0. The van der Waals surface area contributed by atoms with E-state index in [9.17, 15) is 0 Å². The van der Waals surface area contributed by atoms with Crippen LogP contribution in [-0.4, -0.2) is 24.8 Å². The lowest BCUT2D eigenvalue weighted by atomic mass is 10.1. The molecule has 1 aliphatic carbocycles. The van der Waals surface area contributed by atoms with E-state index in [1.54, 1.807) is 0 Å². The Morgan fingerprint density at radius 2 is 2.07 bits per heavy atom. The number of nitrogens with one attached hydrogen (secondary N) is 1. The molecule has 1 aliphatic heterocycles. The van der Waals surface area contributed by atoms with Gasteiger partial charge in [-0.25, -0.2) is 0 Å². The molecular formula is C12H23NO. The maximum atomic E-state index is 5.91. The zero-order chi connectivity index (χ0) is 10.0. The molecule has 0 spiro atoms. The first-order chi connectivity index (χ1) is 6.66. The van der Waals surface area contributed by atoms with Gasteiger partial charge in [-0.05, 0) is 45.6 Å². The van der Waals surface area contributed by atoms with Crippen molar-refractivity contribution in [2.45, 2.75) is 57.7 Å². The fourth-order valence-corrected chi connectivity index (χ4v) is 2.20. The smallest absolute Gasteiger partial charge is 0.0707 e.